The summed E-state index contributed by atoms with van der Waals surface area (Å²) in [7, 11) is -4.28. The number of hydrogen-bond acceptors (Lipinski definition) is 3. The number of unbranched alkanes of at least 4 members (excludes halogenated alkanes) is 4. The smallest absolute Gasteiger partial charge is 0.744 e. The van der Waals surface area contributed by atoms with Crippen LogP contribution in [0.3, 0.4) is 0 Å². The molecule has 0 aliphatic heterocycles. The molecule has 0 N–H and O–H groups in total. The van der Waals surface area contributed by atoms with Crippen LogP contribution in [-0.2, 0) is 10.1 Å². The second kappa shape index (κ2) is 17.7. The first kappa shape index (κ1) is 31.3. The number of rotatable bonds is 13. The molecule has 4 nitrogen and oxygen atoms in total. The summed E-state index contributed by atoms with van der Waals surface area (Å²) < 4.78 is 32.9. The molecule has 29 heavy (non-hydrogen) atoms. The quantitative estimate of drug-likeness (QED) is 0.271. The maximum atomic E-state index is 10.5. The number of quaternary nitrogens is 1. The number of nitrogens with zero attached hydrogens (tertiary/aromatic N) is 1. The Bertz CT molecular complexity index is 583. The van der Waals surface area contributed by atoms with Gasteiger partial charge in [0, 0.05) is 0 Å². The molecule has 0 radical (unpaired) electrons. The van der Waals surface area contributed by atoms with Gasteiger partial charge in [0.25, 0.3) is 0 Å². The van der Waals surface area contributed by atoms with Crippen molar-refractivity contribution in [1.29, 1.82) is 0 Å². The minimum Gasteiger partial charge on any atom is -0.744 e. The SMILES string of the molecule is CCCC[N+](CCCC)(CCCC)CCCC.Cc1ccccc1S(=O)(=O)[O-].[Na+]. The summed E-state index contributed by atoms with van der Waals surface area (Å²) in [6.07, 6.45) is 11.1. The molecule has 0 atom stereocenters. The van der Waals surface area contributed by atoms with Gasteiger partial charge in [-0.1, -0.05) is 71.6 Å². The van der Waals surface area contributed by atoms with Gasteiger partial charge in [0.2, 0.25) is 0 Å². The zero-order valence-corrected chi connectivity index (χ0v) is 22.7. The van der Waals surface area contributed by atoms with Gasteiger partial charge in [-0.25, -0.2) is 8.42 Å². The van der Waals surface area contributed by atoms with Crippen LogP contribution in [0.1, 0.15) is 84.6 Å². The van der Waals surface area contributed by atoms with Crippen molar-refractivity contribution in [2.75, 3.05) is 26.2 Å². The molecular weight excluding hydrogens is 393 g/mol. The Labute approximate surface area is 203 Å². The standard InChI is InChI=1S/C16H36N.C7H8O3S.Na/c1-5-9-13-17(14-10-6-2,15-11-7-3)16-12-8-4;1-6-4-2-3-5-7(6)11(8,9)10;/h5-16H2,1-4H3;2-5H,1H3,(H,8,9,10);/q+1;;+1/p-1. The first-order valence-corrected chi connectivity index (χ1v) is 12.5. The van der Waals surface area contributed by atoms with Crippen molar-refractivity contribution in [2.24, 2.45) is 0 Å². The molecule has 0 spiro atoms. The molecule has 6 heteroatoms. The molecule has 1 aromatic rings. The molecule has 0 aromatic heterocycles. The summed E-state index contributed by atoms with van der Waals surface area (Å²) >= 11 is 0. The first-order chi connectivity index (χ1) is 13.3. The average molecular weight is 437 g/mol. The largest absolute Gasteiger partial charge is 1.00 e. The van der Waals surface area contributed by atoms with Crippen LogP contribution in [0.15, 0.2) is 29.2 Å². The van der Waals surface area contributed by atoms with Crippen LogP contribution in [0.4, 0.5) is 0 Å². The van der Waals surface area contributed by atoms with Gasteiger partial charge in [-0.2, -0.15) is 0 Å². The zero-order valence-electron chi connectivity index (χ0n) is 19.9. The van der Waals surface area contributed by atoms with E-state index in [9.17, 15) is 13.0 Å². The first-order valence-electron chi connectivity index (χ1n) is 11.1. The maximum Gasteiger partial charge on any atom is 1.00 e. The van der Waals surface area contributed by atoms with Gasteiger partial charge in [0.1, 0.15) is 10.1 Å². The fourth-order valence-electron chi connectivity index (χ4n) is 3.48. The summed E-state index contributed by atoms with van der Waals surface area (Å²) in [6.45, 7) is 16.6. The van der Waals surface area contributed by atoms with Crippen LogP contribution in [0.5, 0.6) is 0 Å². The van der Waals surface area contributed by atoms with Crippen molar-refractivity contribution in [1.82, 2.24) is 0 Å². The third kappa shape index (κ3) is 13.9. The molecular formula is C23H43NNaO3S+. The maximum absolute atomic E-state index is 10.5. The summed E-state index contributed by atoms with van der Waals surface area (Å²) in [5.74, 6) is 0. The van der Waals surface area contributed by atoms with E-state index in [1.165, 1.54) is 94.2 Å². The van der Waals surface area contributed by atoms with Gasteiger partial charge in [-0.3, -0.25) is 0 Å². The molecule has 0 aliphatic carbocycles. The fraction of sp³-hybridized carbons (Fsp3) is 0.739. The normalized spacial score (nSPS) is 11.4. The van der Waals surface area contributed by atoms with Crippen LogP contribution in [0.25, 0.3) is 0 Å². The molecule has 0 amide bonds. The monoisotopic (exact) mass is 436 g/mol. The molecule has 0 fully saturated rings. The molecule has 0 saturated heterocycles. The van der Waals surface area contributed by atoms with Crippen LogP contribution in [0, 0.1) is 6.92 Å². The van der Waals surface area contributed by atoms with E-state index < -0.39 is 10.1 Å². The van der Waals surface area contributed by atoms with E-state index in [-0.39, 0.29) is 34.5 Å². The summed E-state index contributed by atoms with van der Waals surface area (Å²) in [6, 6.07) is 6.10. The van der Waals surface area contributed by atoms with Gasteiger partial charge < -0.3 is 9.04 Å². The predicted octanol–water partition coefficient (Wildman–Crippen LogP) is 2.91. The molecule has 0 bridgehead atoms. The molecule has 1 aromatic carbocycles. The minimum atomic E-state index is -4.28. The van der Waals surface area contributed by atoms with Crippen LogP contribution < -0.4 is 29.6 Å². The average Bonchev–Trinajstić information content (AvgIpc) is 2.67. The Morgan fingerprint density at radius 1 is 0.759 bits per heavy atom. The number of hydrogen-bond donors (Lipinski definition) is 0. The molecule has 1 rings (SSSR count). The molecule has 0 heterocycles. The van der Waals surface area contributed by atoms with Gasteiger partial charge in [0.15, 0.2) is 0 Å². The summed E-state index contributed by atoms with van der Waals surface area (Å²) in [5.41, 5.74) is 0.488. The predicted molar refractivity (Wildman–Crippen MR) is 119 cm³/mol. The van der Waals surface area contributed by atoms with Gasteiger partial charge >= 0.3 is 29.6 Å². The van der Waals surface area contributed by atoms with Crippen molar-refractivity contribution < 1.29 is 47.0 Å². The van der Waals surface area contributed by atoms with E-state index in [1.54, 1.807) is 19.1 Å². The zero-order chi connectivity index (χ0) is 21.5. The van der Waals surface area contributed by atoms with Gasteiger partial charge in [0.05, 0.1) is 31.1 Å². The minimum absolute atomic E-state index is 0. The Morgan fingerprint density at radius 3 is 1.34 bits per heavy atom. The van der Waals surface area contributed by atoms with Gasteiger partial charge in [-0.05, 0) is 44.2 Å². The number of aryl methyl sites for hydroxylation is 1. The van der Waals surface area contributed by atoms with E-state index in [4.69, 9.17) is 0 Å². The molecule has 0 saturated carbocycles. The summed E-state index contributed by atoms with van der Waals surface area (Å²) in [4.78, 5) is -0.139. The molecule has 0 unspecified atom stereocenters. The Hall–Kier alpha value is 0.0900. The molecule has 0 aliphatic rings. The van der Waals surface area contributed by atoms with E-state index >= 15 is 0 Å². The van der Waals surface area contributed by atoms with Crippen molar-refractivity contribution in [3.8, 4) is 0 Å². The number of benzene rings is 1. The van der Waals surface area contributed by atoms with Crippen molar-refractivity contribution >= 4 is 10.1 Å². The van der Waals surface area contributed by atoms with Crippen LogP contribution >= 0.6 is 0 Å². The van der Waals surface area contributed by atoms with E-state index in [2.05, 4.69) is 27.7 Å². The summed E-state index contributed by atoms with van der Waals surface area (Å²) in [5, 5.41) is 0. The van der Waals surface area contributed by atoms with Crippen molar-refractivity contribution in [3.05, 3.63) is 29.8 Å². The van der Waals surface area contributed by atoms with Crippen molar-refractivity contribution in [3.63, 3.8) is 0 Å². The second-order valence-corrected chi connectivity index (χ2v) is 9.22. The van der Waals surface area contributed by atoms with E-state index in [1.807, 2.05) is 0 Å². The second-order valence-electron chi connectivity index (χ2n) is 7.87. The Morgan fingerprint density at radius 2 is 1.10 bits per heavy atom. The third-order valence-corrected chi connectivity index (χ3v) is 6.30. The fourth-order valence-corrected chi connectivity index (χ4v) is 4.19. The van der Waals surface area contributed by atoms with Crippen LogP contribution in [-0.4, -0.2) is 43.6 Å². The van der Waals surface area contributed by atoms with E-state index in [0.717, 1.165) is 0 Å². The Kier molecular flexibility index (Phi) is 19.1. The topological polar surface area (TPSA) is 57.2 Å². The van der Waals surface area contributed by atoms with Crippen molar-refractivity contribution in [2.45, 2.75) is 90.9 Å². The van der Waals surface area contributed by atoms with E-state index in [0.29, 0.717) is 5.56 Å². The van der Waals surface area contributed by atoms with Gasteiger partial charge in [-0.15, -0.1) is 0 Å². The molecule has 164 valence electrons. The third-order valence-electron chi connectivity index (χ3n) is 5.31. The van der Waals surface area contributed by atoms with Crippen LogP contribution in [0.2, 0.25) is 0 Å². The Balaban J connectivity index is 0.